The van der Waals surface area contributed by atoms with E-state index < -0.39 is 0 Å². The molecule has 0 aromatic rings. The van der Waals surface area contributed by atoms with Gasteiger partial charge in [-0.1, -0.05) is 27.7 Å². The molecular weight excluding hydrogens is 338 g/mol. The van der Waals surface area contributed by atoms with Crippen molar-refractivity contribution in [1.82, 2.24) is 0 Å². The lowest BCUT2D eigenvalue weighted by atomic mass is 9.16. The van der Waals surface area contributed by atoms with E-state index in [4.69, 9.17) is 18.6 Å². The molecule has 2 heterocycles. The van der Waals surface area contributed by atoms with Crippen molar-refractivity contribution < 1.29 is 18.6 Å². The topological polar surface area (TPSA) is 36.9 Å². The van der Waals surface area contributed by atoms with Crippen LogP contribution in [0.5, 0.6) is 0 Å². The first-order chi connectivity index (χ1) is 12.6. The molecule has 27 heavy (non-hydrogen) atoms. The quantitative estimate of drug-likeness (QED) is 0.662. The van der Waals surface area contributed by atoms with Crippen molar-refractivity contribution in [2.45, 2.75) is 90.6 Å². The molecule has 2 aliphatic heterocycles. The Morgan fingerprint density at radius 3 is 2.19 bits per heavy atom. The van der Waals surface area contributed by atoms with E-state index in [1.165, 1.54) is 12.8 Å². The molecule has 6 heteroatoms. The molecule has 11 fully saturated rings. The maximum absolute atomic E-state index is 6.75. The molecule has 4 unspecified atom stereocenters. The highest BCUT2D eigenvalue weighted by molar-refractivity contribution is 7.11. The van der Waals surface area contributed by atoms with Crippen LogP contribution in [0.2, 0.25) is 0 Å². The van der Waals surface area contributed by atoms with Gasteiger partial charge in [-0.3, -0.25) is 0 Å². The molecule has 4 bridgehead atoms. The van der Waals surface area contributed by atoms with E-state index in [0.717, 1.165) is 30.6 Å². The zero-order valence-electron chi connectivity index (χ0n) is 17.6. The van der Waals surface area contributed by atoms with Gasteiger partial charge in [0.05, 0.1) is 23.4 Å². The first-order valence-corrected chi connectivity index (χ1v) is 11.3. The molecule has 146 valence electrons. The van der Waals surface area contributed by atoms with E-state index in [1.54, 1.807) is 0 Å². The van der Waals surface area contributed by atoms with Gasteiger partial charge in [0.1, 0.15) is 0 Å². The van der Waals surface area contributed by atoms with E-state index in [9.17, 15) is 0 Å². The molecule has 0 N–H and O–H groups in total. The Bertz CT molecular complexity index is 746. The smallest absolute Gasteiger partial charge is 0.407 e. The van der Waals surface area contributed by atoms with Gasteiger partial charge in [-0.2, -0.15) is 0 Å². The van der Waals surface area contributed by atoms with Crippen molar-refractivity contribution in [1.29, 1.82) is 0 Å². The molecule has 9 aliphatic carbocycles. The molecule has 0 aromatic heterocycles. The predicted molar refractivity (Wildman–Crippen MR) is 103 cm³/mol. The highest BCUT2D eigenvalue weighted by Gasteiger charge is 2.90. The third kappa shape index (κ3) is 1.38. The summed E-state index contributed by atoms with van der Waals surface area (Å²) in [7, 11) is -0.736. The molecule has 11 rings (SSSR count). The fourth-order valence-electron chi connectivity index (χ4n) is 9.80. The minimum Gasteiger partial charge on any atom is -0.407 e. The Morgan fingerprint density at radius 1 is 0.852 bits per heavy atom. The molecular formula is C21H32B2O4. The van der Waals surface area contributed by atoms with Gasteiger partial charge in [0, 0.05) is 5.41 Å². The standard InChI is InChI=1S/C21H32B2O4/c1-11-20-9-16-19(6,21(11,10-20)12(20)2)27-23(25-16)22-24-15-8-13-7-14(17(13,3)4)18(15,5)26-22/h11-16H,7-10H2,1-6H3/t11?,12?,13-,14-,15?,16?,18-,19+,20?,21?/m0/s1. The average Bonchev–Trinajstić information content (AvgIpc) is 3.16. The second-order valence-corrected chi connectivity index (χ2v) is 12.2. The van der Waals surface area contributed by atoms with Gasteiger partial charge in [0.25, 0.3) is 0 Å². The highest BCUT2D eigenvalue weighted by atomic mass is 16.7. The molecule has 2 saturated heterocycles. The first-order valence-electron chi connectivity index (χ1n) is 11.3. The fraction of sp³-hybridized carbons (Fsp3) is 1.00. The molecule has 9 saturated carbocycles. The summed E-state index contributed by atoms with van der Waals surface area (Å²) in [5.41, 5.74) is 0.826. The van der Waals surface area contributed by atoms with Crippen LogP contribution in [0.3, 0.4) is 0 Å². The summed E-state index contributed by atoms with van der Waals surface area (Å²) in [5, 5.41) is 0. The van der Waals surface area contributed by atoms with Crippen LogP contribution in [0.15, 0.2) is 0 Å². The van der Waals surface area contributed by atoms with Crippen LogP contribution in [0.1, 0.15) is 67.2 Å². The molecule has 0 radical (unpaired) electrons. The minimum absolute atomic E-state index is 0.181. The van der Waals surface area contributed by atoms with Crippen LogP contribution in [0, 0.1) is 39.9 Å². The zero-order valence-corrected chi connectivity index (χ0v) is 17.6. The van der Waals surface area contributed by atoms with Crippen LogP contribution in [0.25, 0.3) is 0 Å². The van der Waals surface area contributed by atoms with Gasteiger partial charge in [0.15, 0.2) is 0 Å². The fourth-order valence-corrected chi connectivity index (χ4v) is 9.80. The Morgan fingerprint density at radius 2 is 1.52 bits per heavy atom. The SMILES string of the molecule is CC1C23CC4OB(B5OC6C[C@@H]7C[C@@H](C7(C)C)[C@]6(C)O5)O[C@@]4(C)C1(C2)C3C. The Balaban J connectivity index is 1.17. The summed E-state index contributed by atoms with van der Waals surface area (Å²) in [4.78, 5) is 0. The van der Waals surface area contributed by atoms with Crippen LogP contribution < -0.4 is 0 Å². The van der Waals surface area contributed by atoms with Crippen molar-refractivity contribution in [3.05, 3.63) is 0 Å². The Labute approximate surface area is 163 Å². The average molecular weight is 370 g/mol. The van der Waals surface area contributed by atoms with Crippen molar-refractivity contribution in [3.63, 3.8) is 0 Å². The number of hydrogen-bond acceptors (Lipinski definition) is 4. The maximum Gasteiger partial charge on any atom is 0.488 e. The normalized spacial score (nSPS) is 66.4. The largest absolute Gasteiger partial charge is 0.488 e. The lowest BCUT2D eigenvalue weighted by molar-refractivity contribution is -0.429. The third-order valence-electron chi connectivity index (χ3n) is 11.8. The van der Waals surface area contributed by atoms with Crippen LogP contribution in [0.4, 0.5) is 0 Å². The van der Waals surface area contributed by atoms with Crippen molar-refractivity contribution in [2.75, 3.05) is 0 Å². The van der Waals surface area contributed by atoms with Crippen LogP contribution in [-0.2, 0) is 18.6 Å². The van der Waals surface area contributed by atoms with Gasteiger partial charge >= 0.3 is 14.0 Å². The first kappa shape index (κ1) is 16.7. The summed E-state index contributed by atoms with van der Waals surface area (Å²) >= 11 is 0. The summed E-state index contributed by atoms with van der Waals surface area (Å²) in [5.74, 6) is 2.88. The molecule has 11 aliphatic rings. The van der Waals surface area contributed by atoms with E-state index in [-0.39, 0.29) is 37.4 Å². The minimum atomic E-state index is -0.369. The van der Waals surface area contributed by atoms with Gasteiger partial charge in [-0.15, -0.1) is 0 Å². The highest BCUT2D eigenvalue weighted by Crippen LogP contribution is 2.90. The molecule has 8 atom stereocenters. The van der Waals surface area contributed by atoms with Crippen molar-refractivity contribution in [3.8, 4) is 0 Å². The van der Waals surface area contributed by atoms with E-state index in [2.05, 4.69) is 41.5 Å². The van der Waals surface area contributed by atoms with Crippen molar-refractivity contribution >= 4 is 14.0 Å². The van der Waals surface area contributed by atoms with E-state index in [0.29, 0.717) is 22.2 Å². The van der Waals surface area contributed by atoms with Gasteiger partial charge < -0.3 is 18.6 Å². The van der Waals surface area contributed by atoms with E-state index >= 15 is 0 Å². The summed E-state index contributed by atoms with van der Waals surface area (Å²) in [6, 6.07) is 0. The lowest BCUT2D eigenvalue weighted by Crippen LogP contribution is -2.88. The van der Waals surface area contributed by atoms with Gasteiger partial charge in [-0.05, 0) is 74.0 Å². The third-order valence-corrected chi connectivity index (χ3v) is 11.8. The molecule has 0 aromatic carbocycles. The van der Waals surface area contributed by atoms with E-state index in [1.807, 2.05) is 0 Å². The summed E-state index contributed by atoms with van der Waals surface area (Å²) < 4.78 is 26.4. The van der Waals surface area contributed by atoms with Crippen LogP contribution >= 0.6 is 0 Å². The molecule has 0 amide bonds. The van der Waals surface area contributed by atoms with Gasteiger partial charge in [0.2, 0.25) is 0 Å². The van der Waals surface area contributed by atoms with Gasteiger partial charge in [-0.25, -0.2) is 0 Å². The Hall–Kier alpha value is -0.0301. The number of hydrogen-bond donors (Lipinski definition) is 0. The zero-order chi connectivity index (χ0) is 18.8. The molecule has 4 nitrogen and oxygen atoms in total. The summed E-state index contributed by atoms with van der Waals surface area (Å²) in [6.45, 7) is 14.3. The lowest BCUT2D eigenvalue weighted by Gasteiger charge is -2.89. The number of rotatable bonds is 1. The summed E-state index contributed by atoms with van der Waals surface area (Å²) in [6.07, 6.45) is 5.27. The second-order valence-electron chi connectivity index (χ2n) is 12.2. The monoisotopic (exact) mass is 370 g/mol. The Kier molecular flexibility index (Phi) is 2.61. The predicted octanol–water partition coefficient (Wildman–Crippen LogP) is 3.52. The second kappa shape index (κ2) is 4.22. The van der Waals surface area contributed by atoms with Crippen molar-refractivity contribution in [2.24, 2.45) is 39.9 Å². The van der Waals surface area contributed by atoms with Crippen LogP contribution in [-0.4, -0.2) is 37.4 Å². The maximum atomic E-state index is 6.75. The molecule has 0 spiro atoms.